The standard InChI is InChI=1S/C12H8N4O2S/c17-12(14-13-7-9-2-1-5-19-9)8-3-4-10-11(6-8)16-18-15-10/h1-7H,(H,14,17)/b13-7-. The normalized spacial score (nSPS) is 11.2. The molecule has 1 N–H and O–H groups in total. The fraction of sp³-hybridized carbons (Fsp3) is 0. The lowest BCUT2D eigenvalue weighted by Gasteiger charge is -1.98. The van der Waals surface area contributed by atoms with Gasteiger partial charge in [-0.3, -0.25) is 4.79 Å². The summed E-state index contributed by atoms with van der Waals surface area (Å²) >= 11 is 1.54. The number of carbonyl (C=O) groups is 1. The van der Waals surface area contributed by atoms with Gasteiger partial charge in [0.25, 0.3) is 5.91 Å². The van der Waals surface area contributed by atoms with Crippen molar-refractivity contribution < 1.29 is 9.42 Å². The first kappa shape index (κ1) is 11.5. The minimum atomic E-state index is -0.308. The Bertz CT molecular complexity index is 733. The number of rotatable bonds is 3. The van der Waals surface area contributed by atoms with Crippen LogP contribution in [0.3, 0.4) is 0 Å². The fourth-order valence-corrected chi connectivity index (χ4v) is 2.09. The monoisotopic (exact) mass is 272 g/mol. The molecule has 1 amide bonds. The highest BCUT2D eigenvalue weighted by atomic mass is 32.1. The molecule has 6 nitrogen and oxygen atoms in total. The summed E-state index contributed by atoms with van der Waals surface area (Å²) < 4.78 is 4.57. The number of benzene rings is 1. The molecule has 0 radical (unpaired) electrons. The zero-order chi connectivity index (χ0) is 13.1. The summed E-state index contributed by atoms with van der Waals surface area (Å²) in [7, 11) is 0. The summed E-state index contributed by atoms with van der Waals surface area (Å²) in [4.78, 5) is 12.8. The molecule has 7 heteroatoms. The second-order valence-corrected chi connectivity index (χ2v) is 4.66. The molecule has 0 unspecified atom stereocenters. The lowest BCUT2D eigenvalue weighted by atomic mass is 10.2. The van der Waals surface area contributed by atoms with Gasteiger partial charge in [0, 0.05) is 10.4 Å². The molecule has 0 fully saturated rings. The summed E-state index contributed by atoms with van der Waals surface area (Å²) in [6.45, 7) is 0. The van der Waals surface area contributed by atoms with Crippen molar-refractivity contribution in [3.05, 3.63) is 46.2 Å². The van der Waals surface area contributed by atoms with Gasteiger partial charge in [0.2, 0.25) is 0 Å². The molecule has 0 bridgehead atoms. The lowest BCUT2D eigenvalue weighted by molar-refractivity contribution is 0.0955. The van der Waals surface area contributed by atoms with Crippen LogP contribution in [-0.4, -0.2) is 22.4 Å². The van der Waals surface area contributed by atoms with Crippen LogP contribution >= 0.6 is 11.3 Å². The van der Waals surface area contributed by atoms with Gasteiger partial charge >= 0.3 is 0 Å². The van der Waals surface area contributed by atoms with E-state index in [1.165, 1.54) is 0 Å². The van der Waals surface area contributed by atoms with Crippen molar-refractivity contribution >= 4 is 34.5 Å². The minimum Gasteiger partial charge on any atom is -0.267 e. The number of hydrogen-bond donors (Lipinski definition) is 1. The molecule has 3 rings (SSSR count). The number of carbonyl (C=O) groups excluding carboxylic acids is 1. The Labute approximate surface area is 111 Å². The van der Waals surface area contributed by atoms with E-state index in [1.54, 1.807) is 35.8 Å². The van der Waals surface area contributed by atoms with Crippen LogP contribution in [0.4, 0.5) is 0 Å². The number of aromatic nitrogens is 2. The SMILES string of the molecule is O=C(N/N=C\c1cccs1)c1ccc2nonc2c1. The highest BCUT2D eigenvalue weighted by molar-refractivity contribution is 7.11. The van der Waals surface area contributed by atoms with Gasteiger partial charge in [0.1, 0.15) is 11.0 Å². The molecule has 0 saturated heterocycles. The maximum Gasteiger partial charge on any atom is 0.271 e. The molecule has 2 aromatic heterocycles. The Morgan fingerprint density at radius 3 is 3.05 bits per heavy atom. The van der Waals surface area contributed by atoms with Crippen molar-refractivity contribution in [3.8, 4) is 0 Å². The highest BCUT2D eigenvalue weighted by Gasteiger charge is 2.07. The molecule has 94 valence electrons. The van der Waals surface area contributed by atoms with E-state index in [0.717, 1.165) is 4.88 Å². The number of hydrogen-bond acceptors (Lipinski definition) is 6. The minimum absolute atomic E-state index is 0.308. The van der Waals surface area contributed by atoms with Crippen molar-refractivity contribution in [1.29, 1.82) is 0 Å². The number of fused-ring (bicyclic) bond motifs is 1. The second-order valence-electron chi connectivity index (χ2n) is 3.68. The molecule has 0 aliphatic carbocycles. The third-order valence-corrected chi connectivity index (χ3v) is 3.22. The van der Waals surface area contributed by atoms with E-state index in [9.17, 15) is 4.79 Å². The fourth-order valence-electron chi connectivity index (χ4n) is 1.51. The topological polar surface area (TPSA) is 80.4 Å². The molecule has 0 aliphatic rings. The third-order valence-electron chi connectivity index (χ3n) is 2.42. The van der Waals surface area contributed by atoms with Crippen LogP contribution in [0.2, 0.25) is 0 Å². The Morgan fingerprint density at radius 1 is 1.32 bits per heavy atom. The van der Waals surface area contributed by atoms with Gasteiger partial charge in [-0.2, -0.15) is 5.10 Å². The van der Waals surface area contributed by atoms with Gasteiger partial charge in [-0.15, -0.1) is 11.3 Å². The smallest absolute Gasteiger partial charge is 0.267 e. The van der Waals surface area contributed by atoms with E-state index < -0.39 is 0 Å². The molecule has 0 spiro atoms. The number of nitrogens with zero attached hydrogens (tertiary/aromatic N) is 3. The summed E-state index contributed by atoms with van der Waals surface area (Å²) in [5.74, 6) is -0.308. The van der Waals surface area contributed by atoms with Crippen LogP contribution in [0.5, 0.6) is 0 Å². The average Bonchev–Trinajstić information content (AvgIpc) is 3.08. The average molecular weight is 272 g/mol. The number of amides is 1. The Balaban J connectivity index is 1.72. The first-order valence-corrected chi connectivity index (χ1v) is 6.30. The van der Waals surface area contributed by atoms with E-state index in [2.05, 4.69) is 25.5 Å². The zero-order valence-electron chi connectivity index (χ0n) is 9.61. The van der Waals surface area contributed by atoms with Crippen molar-refractivity contribution in [1.82, 2.24) is 15.7 Å². The molecule has 3 aromatic rings. The Morgan fingerprint density at radius 2 is 2.21 bits per heavy atom. The maximum absolute atomic E-state index is 11.8. The van der Waals surface area contributed by atoms with Crippen LogP contribution in [-0.2, 0) is 0 Å². The zero-order valence-corrected chi connectivity index (χ0v) is 10.4. The third kappa shape index (κ3) is 2.50. The lowest BCUT2D eigenvalue weighted by Crippen LogP contribution is -2.17. The number of nitrogens with one attached hydrogen (secondary N) is 1. The summed E-state index contributed by atoms with van der Waals surface area (Å²) in [5.41, 5.74) is 4.05. The summed E-state index contributed by atoms with van der Waals surface area (Å²) in [6.07, 6.45) is 1.60. The second kappa shape index (κ2) is 4.99. The Kier molecular flexibility index (Phi) is 3.03. The van der Waals surface area contributed by atoms with Crippen LogP contribution in [0.1, 0.15) is 15.2 Å². The largest absolute Gasteiger partial charge is 0.271 e. The molecule has 0 atom stereocenters. The molecular weight excluding hydrogens is 264 g/mol. The number of thiophene rings is 1. The van der Waals surface area contributed by atoms with Crippen molar-refractivity contribution in [3.63, 3.8) is 0 Å². The Hall–Kier alpha value is -2.54. The van der Waals surface area contributed by atoms with Gasteiger partial charge in [0.15, 0.2) is 0 Å². The predicted molar refractivity (Wildman–Crippen MR) is 71.2 cm³/mol. The van der Waals surface area contributed by atoms with E-state index in [4.69, 9.17) is 0 Å². The van der Waals surface area contributed by atoms with Crippen molar-refractivity contribution in [2.75, 3.05) is 0 Å². The molecule has 2 heterocycles. The van der Waals surface area contributed by atoms with Crippen molar-refractivity contribution in [2.24, 2.45) is 5.10 Å². The van der Waals surface area contributed by atoms with E-state index in [0.29, 0.717) is 16.6 Å². The van der Waals surface area contributed by atoms with E-state index in [1.807, 2.05) is 17.5 Å². The van der Waals surface area contributed by atoms with Crippen LogP contribution in [0.15, 0.2) is 45.4 Å². The van der Waals surface area contributed by atoms with Crippen LogP contribution < -0.4 is 5.43 Å². The summed E-state index contributed by atoms with van der Waals surface area (Å²) in [6, 6.07) is 8.74. The predicted octanol–water partition coefficient (Wildman–Crippen LogP) is 2.05. The van der Waals surface area contributed by atoms with Gasteiger partial charge in [-0.05, 0) is 40.0 Å². The molecular formula is C12H8N4O2S. The molecule has 0 saturated carbocycles. The molecule has 1 aromatic carbocycles. The van der Waals surface area contributed by atoms with Gasteiger partial charge < -0.3 is 0 Å². The molecule has 0 aliphatic heterocycles. The highest BCUT2D eigenvalue weighted by Crippen LogP contribution is 2.11. The number of hydrazone groups is 1. The van der Waals surface area contributed by atoms with E-state index >= 15 is 0 Å². The maximum atomic E-state index is 11.8. The van der Waals surface area contributed by atoms with E-state index in [-0.39, 0.29) is 5.91 Å². The van der Waals surface area contributed by atoms with Gasteiger partial charge in [-0.1, -0.05) is 6.07 Å². The quantitative estimate of drug-likeness (QED) is 0.584. The molecule has 19 heavy (non-hydrogen) atoms. The van der Waals surface area contributed by atoms with Crippen LogP contribution in [0, 0.1) is 0 Å². The van der Waals surface area contributed by atoms with Gasteiger partial charge in [0.05, 0.1) is 6.21 Å². The van der Waals surface area contributed by atoms with Crippen LogP contribution in [0.25, 0.3) is 11.0 Å². The summed E-state index contributed by atoms with van der Waals surface area (Å²) in [5, 5.41) is 13.2. The van der Waals surface area contributed by atoms with Gasteiger partial charge in [-0.25, -0.2) is 10.1 Å². The van der Waals surface area contributed by atoms with Crippen molar-refractivity contribution in [2.45, 2.75) is 0 Å². The first-order valence-electron chi connectivity index (χ1n) is 5.42. The first-order chi connectivity index (χ1) is 9.33.